The molecule has 1 saturated heterocycles. The van der Waals surface area contributed by atoms with Crippen LogP contribution in [0.2, 0.25) is 0 Å². The molecule has 1 heterocycles. The average Bonchev–Trinajstić information content (AvgIpc) is 3.32. The Hall–Kier alpha value is -1.35. The summed E-state index contributed by atoms with van der Waals surface area (Å²) in [4.78, 5) is 15.1. The predicted octanol–water partition coefficient (Wildman–Crippen LogP) is 2.42. The molecular weight excluding hydrogens is 260 g/mol. The van der Waals surface area contributed by atoms with Gasteiger partial charge in [-0.3, -0.25) is 4.79 Å². The molecule has 1 aromatic rings. The lowest BCUT2D eigenvalue weighted by molar-refractivity contribution is -0.138. The third kappa shape index (κ3) is 2.59. The SMILES string of the molecule is O=C(C1CC1)N(Cc1ccccc1)C1[C@@H]2CC[C@H]1CNC2. The monoisotopic (exact) mass is 284 g/mol. The number of rotatable bonds is 4. The number of amides is 1. The number of fused-ring (bicyclic) bond motifs is 2. The molecule has 1 amide bonds. The van der Waals surface area contributed by atoms with Crippen LogP contribution in [0.4, 0.5) is 0 Å². The van der Waals surface area contributed by atoms with Crippen molar-refractivity contribution in [2.24, 2.45) is 17.8 Å². The minimum atomic E-state index is 0.322. The van der Waals surface area contributed by atoms with E-state index in [0.717, 1.165) is 32.5 Å². The Labute approximate surface area is 126 Å². The molecule has 1 unspecified atom stereocenters. The lowest BCUT2D eigenvalue weighted by atomic mass is 9.91. The van der Waals surface area contributed by atoms with Crippen molar-refractivity contribution in [1.29, 1.82) is 0 Å². The van der Waals surface area contributed by atoms with E-state index in [0.29, 0.717) is 29.7 Å². The number of benzene rings is 1. The van der Waals surface area contributed by atoms with Crippen LogP contribution in [-0.4, -0.2) is 29.9 Å². The molecule has 112 valence electrons. The number of carbonyl (C=O) groups is 1. The van der Waals surface area contributed by atoms with Crippen LogP contribution in [0.15, 0.2) is 30.3 Å². The van der Waals surface area contributed by atoms with Crippen molar-refractivity contribution in [3.05, 3.63) is 35.9 Å². The Morgan fingerprint density at radius 3 is 2.33 bits per heavy atom. The van der Waals surface area contributed by atoms with Crippen LogP contribution >= 0.6 is 0 Å². The first-order chi connectivity index (χ1) is 10.3. The van der Waals surface area contributed by atoms with E-state index in [1.807, 2.05) is 6.07 Å². The van der Waals surface area contributed by atoms with E-state index >= 15 is 0 Å². The topological polar surface area (TPSA) is 32.3 Å². The van der Waals surface area contributed by atoms with Crippen molar-refractivity contribution in [3.63, 3.8) is 0 Å². The standard InChI is InChI=1S/C18H24N2O/c21-18(14-6-7-14)20(12-13-4-2-1-3-5-13)17-15-8-9-16(17)11-19-10-15/h1-5,14-17,19H,6-12H2/t15-,16+,17?. The molecule has 3 fully saturated rings. The maximum Gasteiger partial charge on any atom is 0.226 e. The van der Waals surface area contributed by atoms with Crippen LogP contribution in [0, 0.1) is 17.8 Å². The van der Waals surface area contributed by atoms with Gasteiger partial charge in [0.25, 0.3) is 0 Å². The van der Waals surface area contributed by atoms with E-state index in [-0.39, 0.29) is 0 Å². The van der Waals surface area contributed by atoms with E-state index < -0.39 is 0 Å². The van der Waals surface area contributed by atoms with Gasteiger partial charge in [-0.15, -0.1) is 0 Å². The molecular formula is C18H24N2O. The molecule has 3 heteroatoms. The molecule has 2 bridgehead atoms. The van der Waals surface area contributed by atoms with E-state index in [2.05, 4.69) is 34.5 Å². The summed E-state index contributed by atoms with van der Waals surface area (Å²) in [7, 11) is 0. The highest BCUT2D eigenvalue weighted by molar-refractivity contribution is 5.81. The number of hydrogen-bond donors (Lipinski definition) is 1. The zero-order chi connectivity index (χ0) is 14.2. The number of hydrogen-bond acceptors (Lipinski definition) is 2. The van der Waals surface area contributed by atoms with Gasteiger partial charge in [-0.05, 0) is 56.2 Å². The van der Waals surface area contributed by atoms with Gasteiger partial charge >= 0.3 is 0 Å². The average molecular weight is 284 g/mol. The Morgan fingerprint density at radius 1 is 1.05 bits per heavy atom. The smallest absolute Gasteiger partial charge is 0.226 e. The van der Waals surface area contributed by atoms with Crippen LogP contribution in [0.3, 0.4) is 0 Å². The minimum absolute atomic E-state index is 0.322. The second-order valence-corrected chi connectivity index (χ2v) is 6.97. The first kappa shape index (κ1) is 13.3. The zero-order valence-electron chi connectivity index (χ0n) is 12.5. The van der Waals surface area contributed by atoms with Gasteiger partial charge in [0.2, 0.25) is 5.91 Å². The maximum atomic E-state index is 12.8. The Bertz CT molecular complexity index is 495. The normalized spacial score (nSPS) is 31.1. The summed E-state index contributed by atoms with van der Waals surface area (Å²) >= 11 is 0. The molecule has 3 atom stereocenters. The summed E-state index contributed by atoms with van der Waals surface area (Å²) in [6.45, 7) is 2.97. The highest BCUT2D eigenvalue weighted by atomic mass is 16.2. The molecule has 21 heavy (non-hydrogen) atoms. The van der Waals surface area contributed by atoms with Crippen molar-refractivity contribution >= 4 is 5.91 Å². The Morgan fingerprint density at radius 2 is 1.71 bits per heavy atom. The minimum Gasteiger partial charge on any atom is -0.334 e. The fourth-order valence-corrected chi connectivity index (χ4v) is 4.24. The Balaban J connectivity index is 1.59. The molecule has 3 aliphatic rings. The van der Waals surface area contributed by atoms with Gasteiger partial charge in [0.15, 0.2) is 0 Å². The van der Waals surface area contributed by atoms with Gasteiger partial charge in [0.05, 0.1) is 0 Å². The molecule has 4 rings (SSSR count). The number of nitrogens with one attached hydrogen (secondary N) is 1. The molecule has 1 aliphatic heterocycles. The fraction of sp³-hybridized carbons (Fsp3) is 0.611. The molecule has 0 spiro atoms. The van der Waals surface area contributed by atoms with Crippen LogP contribution in [0.25, 0.3) is 0 Å². The summed E-state index contributed by atoms with van der Waals surface area (Å²) in [6, 6.07) is 11.0. The van der Waals surface area contributed by atoms with Crippen molar-refractivity contribution in [2.75, 3.05) is 13.1 Å². The van der Waals surface area contributed by atoms with Gasteiger partial charge < -0.3 is 10.2 Å². The van der Waals surface area contributed by atoms with Crippen molar-refractivity contribution in [1.82, 2.24) is 10.2 Å². The molecule has 0 aromatic heterocycles. The van der Waals surface area contributed by atoms with Crippen molar-refractivity contribution in [2.45, 2.75) is 38.3 Å². The van der Waals surface area contributed by atoms with Crippen LogP contribution in [0.1, 0.15) is 31.2 Å². The molecule has 2 saturated carbocycles. The second-order valence-electron chi connectivity index (χ2n) is 6.97. The summed E-state index contributed by atoms with van der Waals surface area (Å²) < 4.78 is 0. The van der Waals surface area contributed by atoms with Crippen molar-refractivity contribution in [3.8, 4) is 0 Å². The van der Waals surface area contributed by atoms with E-state index in [1.54, 1.807) is 0 Å². The highest BCUT2D eigenvalue weighted by Gasteiger charge is 2.46. The van der Waals surface area contributed by atoms with Gasteiger partial charge in [-0.1, -0.05) is 30.3 Å². The number of carbonyl (C=O) groups excluding carboxylic acids is 1. The van der Waals surface area contributed by atoms with Gasteiger partial charge in [-0.25, -0.2) is 0 Å². The van der Waals surface area contributed by atoms with Crippen molar-refractivity contribution < 1.29 is 4.79 Å². The quantitative estimate of drug-likeness (QED) is 0.921. The third-order valence-electron chi connectivity index (χ3n) is 5.45. The van der Waals surface area contributed by atoms with E-state index in [4.69, 9.17) is 0 Å². The molecule has 0 radical (unpaired) electrons. The second kappa shape index (κ2) is 5.45. The Kier molecular flexibility index (Phi) is 3.46. The zero-order valence-corrected chi connectivity index (χ0v) is 12.5. The first-order valence-electron chi connectivity index (χ1n) is 8.38. The largest absolute Gasteiger partial charge is 0.334 e. The fourth-order valence-electron chi connectivity index (χ4n) is 4.24. The molecule has 2 aliphatic carbocycles. The van der Waals surface area contributed by atoms with Crippen LogP contribution in [0.5, 0.6) is 0 Å². The van der Waals surface area contributed by atoms with Gasteiger partial charge in [0.1, 0.15) is 0 Å². The molecule has 3 nitrogen and oxygen atoms in total. The summed E-state index contributed by atoms with van der Waals surface area (Å²) in [5.41, 5.74) is 1.27. The predicted molar refractivity (Wildman–Crippen MR) is 82.6 cm³/mol. The van der Waals surface area contributed by atoms with E-state index in [9.17, 15) is 4.79 Å². The number of piperidine rings is 1. The first-order valence-corrected chi connectivity index (χ1v) is 8.38. The third-order valence-corrected chi connectivity index (χ3v) is 5.45. The summed E-state index contributed by atoms with van der Waals surface area (Å²) in [5.74, 6) is 2.07. The van der Waals surface area contributed by atoms with Crippen LogP contribution in [-0.2, 0) is 11.3 Å². The lowest BCUT2D eigenvalue weighted by Crippen LogP contribution is -2.53. The maximum absolute atomic E-state index is 12.8. The molecule has 1 aromatic carbocycles. The molecule has 1 N–H and O–H groups in total. The van der Waals surface area contributed by atoms with Gasteiger partial charge in [0, 0.05) is 18.5 Å². The van der Waals surface area contributed by atoms with Gasteiger partial charge in [-0.2, -0.15) is 0 Å². The number of nitrogens with zero attached hydrogens (tertiary/aromatic N) is 1. The van der Waals surface area contributed by atoms with E-state index in [1.165, 1.54) is 18.4 Å². The summed E-state index contributed by atoms with van der Waals surface area (Å²) in [5, 5.41) is 3.54. The van der Waals surface area contributed by atoms with Crippen LogP contribution < -0.4 is 5.32 Å². The summed E-state index contributed by atoms with van der Waals surface area (Å²) in [6.07, 6.45) is 4.77. The highest BCUT2D eigenvalue weighted by Crippen LogP contribution is 2.41. The lowest BCUT2D eigenvalue weighted by Gasteiger charge is -2.40.